The smallest absolute Gasteiger partial charge is 0.242 e. The van der Waals surface area contributed by atoms with Crippen molar-refractivity contribution in [1.82, 2.24) is 0 Å². The van der Waals surface area contributed by atoms with Gasteiger partial charge in [0, 0.05) is 5.69 Å². The molecule has 0 saturated heterocycles. The fraction of sp³-hybridized carbons (Fsp3) is 0.107. The van der Waals surface area contributed by atoms with Crippen molar-refractivity contribution in [3.63, 3.8) is 0 Å². The second-order valence-corrected chi connectivity index (χ2v) is 20.7. The highest BCUT2D eigenvalue weighted by Crippen LogP contribution is 2.45. The summed E-state index contributed by atoms with van der Waals surface area (Å²) in [7, 11) is -3.07. The lowest BCUT2D eigenvalue weighted by atomic mass is 9.34. The van der Waals surface area contributed by atoms with Crippen LogP contribution in [0.1, 0.15) is 44.5 Å². The zero-order valence-electron chi connectivity index (χ0n) is 34.7. The average Bonchev–Trinajstić information content (AvgIpc) is 3.63. The third kappa shape index (κ3) is 5.04. The number of fused-ring (bicyclic) bond motifs is 12. The van der Waals surface area contributed by atoms with Crippen LogP contribution in [-0.4, -0.2) is 14.8 Å². The minimum absolute atomic E-state index is 0.0389. The molecule has 1 unspecified atom stereocenters. The van der Waals surface area contributed by atoms with E-state index in [2.05, 4.69) is 216 Å². The SMILES string of the molecule is Cc1cc(C)c(B(c2cccc3c2[Si]2(c4ccccc4-3)c3ccccc3-c3cccc(N4c5ccccc5C=Cc5ccccc54)c32)c2c(C)cc(C)cc2C)c(C)c1. The van der Waals surface area contributed by atoms with Crippen LogP contribution < -0.4 is 42.0 Å². The van der Waals surface area contributed by atoms with Crippen LogP contribution in [0.2, 0.25) is 0 Å². The molecule has 1 nitrogen and oxygen atoms in total. The maximum Gasteiger partial charge on any atom is 0.242 e. The summed E-state index contributed by atoms with van der Waals surface area (Å²) in [5, 5.41) is 6.01. The summed E-state index contributed by atoms with van der Waals surface area (Å²) >= 11 is 0. The molecule has 0 aliphatic carbocycles. The van der Waals surface area contributed by atoms with Crippen molar-refractivity contribution in [1.29, 1.82) is 0 Å². The molecule has 11 rings (SSSR count). The number of para-hydroxylation sites is 2. The van der Waals surface area contributed by atoms with Crippen LogP contribution in [0.5, 0.6) is 0 Å². The van der Waals surface area contributed by atoms with E-state index in [4.69, 9.17) is 0 Å². The molecule has 0 aromatic heterocycles. The van der Waals surface area contributed by atoms with Gasteiger partial charge in [0.05, 0.1) is 11.4 Å². The van der Waals surface area contributed by atoms with Gasteiger partial charge in [0.2, 0.25) is 6.71 Å². The molecule has 0 amide bonds. The van der Waals surface area contributed by atoms with Crippen LogP contribution in [0.25, 0.3) is 34.4 Å². The molecule has 1 spiro atoms. The molecule has 0 saturated carbocycles. The fourth-order valence-electron chi connectivity index (χ4n) is 11.7. The number of rotatable bonds is 4. The zero-order valence-corrected chi connectivity index (χ0v) is 35.7. The van der Waals surface area contributed by atoms with Gasteiger partial charge in [-0.2, -0.15) is 0 Å². The van der Waals surface area contributed by atoms with Crippen molar-refractivity contribution in [3.05, 3.63) is 202 Å². The first kappa shape index (κ1) is 35.7. The maximum atomic E-state index is 2.59. The molecular weight excluding hydrogens is 726 g/mol. The Kier molecular flexibility index (Phi) is 8.06. The van der Waals surface area contributed by atoms with Crippen molar-refractivity contribution >= 4 is 81.1 Å². The van der Waals surface area contributed by atoms with Gasteiger partial charge < -0.3 is 4.90 Å². The molecule has 0 N–H and O–H groups in total. The van der Waals surface area contributed by atoms with Crippen LogP contribution in [-0.2, 0) is 0 Å². The summed E-state index contributed by atoms with van der Waals surface area (Å²) in [6.07, 6.45) is 4.58. The van der Waals surface area contributed by atoms with Crippen molar-refractivity contribution in [3.8, 4) is 22.3 Å². The maximum absolute atomic E-state index is 3.07. The Balaban J connectivity index is 1.32. The first-order valence-electron chi connectivity index (χ1n) is 21.1. The molecule has 59 heavy (non-hydrogen) atoms. The Bertz CT molecular complexity index is 2930. The van der Waals surface area contributed by atoms with E-state index in [0.29, 0.717) is 0 Å². The van der Waals surface area contributed by atoms with Gasteiger partial charge in [-0.25, -0.2) is 0 Å². The molecule has 3 aliphatic rings. The number of aryl methyl sites for hydroxylation is 6. The highest BCUT2D eigenvalue weighted by molar-refractivity contribution is 7.26. The van der Waals surface area contributed by atoms with Gasteiger partial charge in [-0.1, -0.05) is 201 Å². The Morgan fingerprint density at radius 1 is 0.390 bits per heavy atom. The van der Waals surface area contributed by atoms with Gasteiger partial charge in [0.25, 0.3) is 0 Å². The van der Waals surface area contributed by atoms with Crippen LogP contribution >= 0.6 is 0 Å². The normalized spacial score (nSPS) is 15.3. The first-order valence-corrected chi connectivity index (χ1v) is 23.1. The van der Waals surface area contributed by atoms with Crippen molar-refractivity contribution in [2.75, 3.05) is 4.90 Å². The lowest BCUT2D eigenvalue weighted by Gasteiger charge is -2.36. The predicted octanol–water partition coefficient (Wildman–Crippen LogP) is 9.35. The number of anilines is 3. The molecule has 0 radical (unpaired) electrons. The molecule has 8 aromatic carbocycles. The molecule has 0 fully saturated rings. The van der Waals surface area contributed by atoms with Crippen LogP contribution in [0.4, 0.5) is 17.1 Å². The summed E-state index contributed by atoms with van der Waals surface area (Å²) in [5.41, 5.74) is 23.9. The summed E-state index contributed by atoms with van der Waals surface area (Å²) in [6, 6.07) is 60.8. The molecular formula is C56H46BNSi. The molecule has 3 heteroatoms. The van der Waals surface area contributed by atoms with Gasteiger partial charge in [-0.3, -0.25) is 0 Å². The molecule has 8 aromatic rings. The average molecular weight is 772 g/mol. The largest absolute Gasteiger partial charge is 0.309 e. The van der Waals surface area contributed by atoms with Gasteiger partial charge in [0.1, 0.15) is 0 Å². The molecule has 3 aliphatic heterocycles. The predicted molar refractivity (Wildman–Crippen MR) is 258 cm³/mol. The zero-order chi connectivity index (χ0) is 40.2. The van der Waals surface area contributed by atoms with E-state index in [-0.39, 0.29) is 6.71 Å². The summed E-state index contributed by atoms with van der Waals surface area (Å²) in [6.45, 7) is 13.9. The van der Waals surface area contributed by atoms with E-state index < -0.39 is 8.07 Å². The Labute approximate surface area is 350 Å². The Morgan fingerprint density at radius 3 is 1.32 bits per heavy atom. The lowest BCUT2D eigenvalue weighted by Crippen LogP contribution is -2.76. The Morgan fingerprint density at radius 2 is 0.797 bits per heavy atom. The van der Waals surface area contributed by atoms with E-state index >= 15 is 0 Å². The van der Waals surface area contributed by atoms with Gasteiger partial charge >= 0.3 is 0 Å². The summed E-state index contributed by atoms with van der Waals surface area (Å²) in [5.74, 6) is 0. The van der Waals surface area contributed by atoms with Crippen molar-refractivity contribution < 1.29 is 0 Å². The lowest BCUT2D eigenvalue weighted by molar-refractivity contribution is 1.29. The monoisotopic (exact) mass is 771 g/mol. The second kappa shape index (κ2) is 13.3. The molecule has 3 heterocycles. The highest BCUT2D eigenvalue weighted by atomic mass is 28.3. The minimum atomic E-state index is -3.07. The van der Waals surface area contributed by atoms with E-state index in [0.717, 1.165) is 0 Å². The first-order chi connectivity index (χ1) is 28.8. The highest BCUT2D eigenvalue weighted by Gasteiger charge is 2.57. The molecule has 282 valence electrons. The molecule has 1 atom stereocenters. The van der Waals surface area contributed by atoms with Crippen molar-refractivity contribution in [2.45, 2.75) is 41.5 Å². The van der Waals surface area contributed by atoms with Gasteiger partial charge in [0.15, 0.2) is 8.07 Å². The third-order valence-corrected chi connectivity index (χ3v) is 18.6. The van der Waals surface area contributed by atoms with Gasteiger partial charge in [-0.05, 0) is 114 Å². The number of hydrogen-bond donors (Lipinski definition) is 0. The molecule has 0 bridgehead atoms. The number of nitrogens with zero attached hydrogens (tertiary/aromatic N) is 1. The topological polar surface area (TPSA) is 3.24 Å². The van der Waals surface area contributed by atoms with E-state index in [1.807, 2.05) is 0 Å². The number of benzene rings is 8. The summed E-state index contributed by atoms with van der Waals surface area (Å²) in [4.78, 5) is 2.59. The van der Waals surface area contributed by atoms with E-state index in [9.17, 15) is 0 Å². The van der Waals surface area contributed by atoms with Crippen LogP contribution in [0.3, 0.4) is 0 Å². The van der Waals surface area contributed by atoms with E-state index in [1.54, 1.807) is 0 Å². The third-order valence-electron chi connectivity index (χ3n) is 13.5. The van der Waals surface area contributed by atoms with Gasteiger partial charge in [-0.15, -0.1) is 0 Å². The Hall–Kier alpha value is -6.42. The van der Waals surface area contributed by atoms with Crippen LogP contribution in [0.15, 0.2) is 158 Å². The van der Waals surface area contributed by atoms with E-state index in [1.165, 1.54) is 121 Å². The number of hydrogen-bond acceptors (Lipinski definition) is 1. The second-order valence-electron chi connectivity index (χ2n) is 17.2. The fourth-order valence-corrected chi connectivity index (χ4v) is 17.7. The minimum Gasteiger partial charge on any atom is -0.309 e. The summed E-state index contributed by atoms with van der Waals surface area (Å²) < 4.78 is 0. The van der Waals surface area contributed by atoms with Crippen LogP contribution in [0, 0.1) is 41.5 Å². The van der Waals surface area contributed by atoms with Crippen molar-refractivity contribution in [2.24, 2.45) is 0 Å². The quantitative estimate of drug-likeness (QED) is 0.161. The standard InChI is InChI=1S/C56H46BNSi/c1-35-31-37(3)53(38(4)32-35)57(54-39(5)33-36(2)34-40(54)6)47-23-15-21-45-43-19-9-13-27-51(43)59(55(45)47)52-28-14-10-20-44(52)46-22-16-26-50(56(46)59)58-48-24-11-7-17-41(48)29-30-42-18-8-12-25-49(42)58/h7-34H,1-6H3.